The standard InChI is InChI=1S/C13H15ClN4O2/c1-16-12-10(13(19)20-2)11(15)18(17-12)7-8-4-3-5-9(14)6-8/h3-6H,7,15H2,1-2H3,(H,16,17). The normalized spacial score (nSPS) is 10.3. The first-order chi connectivity index (χ1) is 9.56. The van der Waals surface area contributed by atoms with Gasteiger partial charge in [-0.05, 0) is 17.7 Å². The van der Waals surface area contributed by atoms with Crippen molar-refractivity contribution < 1.29 is 9.53 Å². The molecule has 106 valence electrons. The van der Waals surface area contributed by atoms with Crippen LogP contribution in [0.1, 0.15) is 15.9 Å². The summed E-state index contributed by atoms with van der Waals surface area (Å²) in [5.41, 5.74) is 7.14. The number of hydrogen-bond donors (Lipinski definition) is 2. The molecule has 3 N–H and O–H groups in total. The van der Waals surface area contributed by atoms with E-state index in [1.165, 1.54) is 11.8 Å². The van der Waals surface area contributed by atoms with Crippen LogP contribution < -0.4 is 11.1 Å². The maximum atomic E-state index is 11.7. The zero-order chi connectivity index (χ0) is 14.7. The summed E-state index contributed by atoms with van der Waals surface area (Å²) in [4.78, 5) is 11.7. The maximum absolute atomic E-state index is 11.7. The molecular formula is C13H15ClN4O2. The number of hydrogen-bond acceptors (Lipinski definition) is 5. The highest BCUT2D eigenvalue weighted by molar-refractivity contribution is 6.30. The van der Waals surface area contributed by atoms with E-state index in [2.05, 4.69) is 10.4 Å². The molecule has 7 heteroatoms. The van der Waals surface area contributed by atoms with Crippen LogP contribution in [0.25, 0.3) is 0 Å². The minimum Gasteiger partial charge on any atom is -0.465 e. The Morgan fingerprint density at radius 1 is 1.55 bits per heavy atom. The number of anilines is 2. The van der Waals surface area contributed by atoms with Crippen LogP contribution in [0.4, 0.5) is 11.6 Å². The molecule has 0 saturated carbocycles. The number of aromatic nitrogens is 2. The van der Waals surface area contributed by atoms with E-state index in [-0.39, 0.29) is 11.4 Å². The fourth-order valence-electron chi connectivity index (χ4n) is 1.88. The number of esters is 1. The average molecular weight is 295 g/mol. The minimum atomic E-state index is -0.524. The number of carbonyl (C=O) groups is 1. The summed E-state index contributed by atoms with van der Waals surface area (Å²) in [6.07, 6.45) is 0. The van der Waals surface area contributed by atoms with Gasteiger partial charge < -0.3 is 15.8 Å². The predicted molar refractivity (Wildman–Crippen MR) is 78.1 cm³/mol. The molecule has 0 amide bonds. The number of carbonyl (C=O) groups excluding carboxylic acids is 1. The van der Waals surface area contributed by atoms with E-state index in [0.717, 1.165) is 5.56 Å². The summed E-state index contributed by atoms with van der Waals surface area (Å²) in [5, 5.41) is 7.72. The Morgan fingerprint density at radius 2 is 2.30 bits per heavy atom. The molecule has 0 aliphatic carbocycles. The van der Waals surface area contributed by atoms with Gasteiger partial charge in [-0.2, -0.15) is 5.10 Å². The van der Waals surface area contributed by atoms with E-state index in [4.69, 9.17) is 22.1 Å². The van der Waals surface area contributed by atoms with Crippen LogP contribution in [0.3, 0.4) is 0 Å². The van der Waals surface area contributed by atoms with E-state index >= 15 is 0 Å². The number of methoxy groups -OCH3 is 1. The molecule has 2 aromatic rings. The van der Waals surface area contributed by atoms with Crippen LogP contribution in [0, 0.1) is 0 Å². The summed E-state index contributed by atoms with van der Waals surface area (Å²) in [6, 6.07) is 7.36. The molecule has 6 nitrogen and oxygen atoms in total. The first-order valence-electron chi connectivity index (χ1n) is 5.93. The van der Waals surface area contributed by atoms with Crippen LogP contribution >= 0.6 is 11.6 Å². The highest BCUT2D eigenvalue weighted by atomic mass is 35.5. The number of rotatable bonds is 4. The van der Waals surface area contributed by atoms with Gasteiger partial charge in [-0.25, -0.2) is 9.48 Å². The number of nitrogens with two attached hydrogens (primary N) is 1. The Morgan fingerprint density at radius 3 is 2.90 bits per heavy atom. The van der Waals surface area contributed by atoms with Gasteiger partial charge in [0.1, 0.15) is 11.4 Å². The molecule has 0 unspecified atom stereocenters. The van der Waals surface area contributed by atoms with Gasteiger partial charge in [-0.15, -0.1) is 0 Å². The molecule has 0 saturated heterocycles. The number of nitrogens with one attached hydrogen (secondary N) is 1. The van der Waals surface area contributed by atoms with E-state index in [1.54, 1.807) is 13.1 Å². The number of ether oxygens (including phenoxy) is 1. The van der Waals surface area contributed by atoms with Gasteiger partial charge in [0.2, 0.25) is 0 Å². The molecule has 2 rings (SSSR count). The maximum Gasteiger partial charge on any atom is 0.345 e. The molecule has 1 heterocycles. The van der Waals surface area contributed by atoms with E-state index in [0.29, 0.717) is 17.4 Å². The predicted octanol–water partition coefficient (Wildman–Crippen LogP) is 2.00. The van der Waals surface area contributed by atoms with Crippen molar-refractivity contribution in [1.82, 2.24) is 9.78 Å². The summed E-state index contributed by atoms with van der Waals surface area (Å²) >= 11 is 5.94. The fourth-order valence-corrected chi connectivity index (χ4v) is 2.09. The topological polar surface area (TPSA) is 82.2 Å². The molecule has 0 radical (unpaired) electrons. The van der Waals surface area contributed by atoms with E-state index in [9.17, 15) is 4.79 Å². The van der Waals surface area contributed by atoms with Crippen LogP contribution in [0.15, 0.2) is 24.3 Å². The number of nitrogen functional groups attached to an aromatic ring is 1. The average Bonchev–Trinajstić information content (AvgIpc) is 2.74. The molecule has 1 aromatic carbocycles. The largest absolute Gasteiger partial charge is 0.465 e. The zero-order valence-corrected chi connectivity index (χ0v) is 11.9. The van der Waals surface area contributed by atoms with Gasteiger partial charge >= 0.3 is 5.97 Å². The molecular weight excluding hydrogens is 280 g/mol. The Hall–Kier alpha value is -2.21. The minimum absolute atomic E-state index is 0.233. The molecule has 0 atom stereocenters. The zero-order valence-electron chi connectivity index (χ0n) is 11.2. The van der Waals surface area contributed by atoms with Crippen molar-refractivity contribution in [3.8, 4) is 0 Å². The van der Waals surface area contributed by atoms with Crippen molar-refractivity contribution in [2.75, 3.05) is 25.2 Å². The summed E-state index contributed by atoms with van der Waals surface area (Å²) in [5.74, 6) is 0.113. The Balaban J connectivity index is 2.38. The lowest BCUT2D eigenvalue weighted by Gasteiger charge is -2.05. The van der Waals surface area contributed by atoms with Gasteiger partial charge in [-0.3, -0.25) is 0 Å². The summed E-state index contributed by atoms with van der Waals surface area (Å²) in [6.45, 7) is 0.415. The van der Waals surface area contributed by atoms with Crippen LogP contribution in [-0.4, -0.2) is 29.9 Å². The molecule has 1 aromatic heterocycles. The first-order valence-corrected chi connectivity index (χ1v) is 6.31. The van der Waals surface area contributed by atoms with Crippen molar-refractivity contribution in [2.24, 2.45) is 0 Å². The smallest absolute Gasteiger partial charge is 0.345 e. The number of halogens is 1. The third-order valence-electron chi connectivity index (χ3n) is 2.84. The van der Waals surface area contributed by atoms with Crippen molar-refractivity contribution >= 4 is 29.2 Å². The van der Waals surface area contributed by atoms with Crippen LogP contribution in [0.5, 0.6) is 0 Å². The molecule has 0 aliphatic rings. The molecule has 0 aliphatic heterocycles. The van der Waals surface area contributed by atoms with Crippen LogP contribution in [-0.2, 0) is 11.3 Å². The van der Waals surface area contributed by atoms with Gasteiger partial charge in [0.15, 0.2) is 5.82 Å². The van der Waals surface area contributed by atoms with Gasteiger partial charge in [0.05, 0.1) is 13.7 Å². The lowest BCUT2D eigenvalue weighted by atomic mass is 10.2. The number of benzene rings is 1. The van der Waals surface area contributed by atoms with E-state index < -0.39 is 5.97 Å². The van der Waals surface area contributed by atoms with Gasteiger partial charge in [0, 0.05) is 12.1 Å². The molecule has 20 heavy (non-hydrogen) atoms. The molecule has 0 fully saturated rings. The molecule has 0 bridgehead atoms. The quantitative estimate of drug-likeness (QED) is 0.843. The lowest BCUT2D eigenvalue weighted by molar-refractivity contribution is 0.0603. The molecule has 0 spiro atoms. The van der Waals surface area contributed by atoms with Crippen molar-refractivity contribution in [3.05, 3.63) is 40.4 Å². The summed E-state index contributed by atoms with van der Waals surface area (Å²) < 4.78 is 6.24. The second-order valence-corrected chi connectivity index (χ2v) is 4.57. The third kappa shape index (κ3) is 2.70. The Bertz CT molecular complexity index is 639. The highest BCUT2D eigenvalue weighted by Crippen LogP contribution is 2.23. The van der Waals surface area contributed by atoms with Crippen molar-refractivity contribution in [1.29, 1.82) is 0 Å². The first kappa shape index (κ1) is 14.2. The Labute approximate surface area is 121 Å². The second-order valence-electron chi connectivity index (χ2n) is 4.14. The highest BCUT2D eigenvalue weighted by Gasteiger charge is 2.22. The van der Waals surface area contributed by atoms with Crippen molar-refractivity contribution in [2.45, 2.75) is 6.54 Å². The lowest BCUT2D eigenvalue weighted by Crippen LogP contribution is -2.09. The Kier molecular flexibility index (Phi) is 4.14. The monoisotopic (exact) mass is 294 g/mol. The van der Waals surface area contributed by atoms with E-state index in [1.807, 2.05) is 18.2 Å². The van der Waals surface area contributed by atoms with Crippen LogP contribution in [0.2, 0.25) is 5.02 Å². The SMILES string of the molecule is CNc1nn(Cc2cccc(Cl)c2)c(N)c1C(=O)OC. The number of nitrogens with zero attached hydrogens (tertiary/aromatic N) is 2. The second kappa shape index (κ2) is 5.83. The third-order valence-corrected chi connectivity index (χ3v) is 3.07. The summed E-state index contributed by atoms with van der Waals surface area (Å²) in [7, 11) is 2.97. The van der Waals surface area contributed by atoms with Gasteiger partial charge in [0.25, 0.3) is 0 Å². The van der Waals surface area contributed by atoms with Crippen molar-refractivity contribution in [3.63, 3.8) is 0 Å². The van der Waals surface area contributed by atoms with Gasteiger partial charge in [-0.1, -0.05) is 23.7 Å². The fraction of sp³-hybridized carbons (Fsp3) is 0.231.